The van der Waals surface area contributed by atoms with Gasteiger partial charge < -0.3 is 24.8 Å². The number of fused-ring (bicyclic) bond motifs is 1. The Labute approximate surface area is 122 Å². The summed E-state index contributed by atoms with van der Waals surface area (Å²) >= 11 is 0. The molecule has 0 bridgehead atoms. The van der Waals surface area contributed by atoms with Crippen molar-refractivity contribution in [3.63, 3.8) is 0 Å². The fourth-order valence-electron chi connectivity index (χ4n) is 2.40. The van der Waals surface area contributed by atoms with Crippen molar-refractivity contribution in [1.29, 1.82) is 0 Å². The van der Waals surface area contributed by atoms with Gasteiger partial charge in [0.15, 0.2) is 5.79 Å². The number of hydrogen-bond donors (Lipinski definition) is 3. The van der Waals surface area contributed by atoms with Gasteiger partial charge in [0.05, 0.1) is 25.1 Å². The number of nitrogens with zero attached hydrogens (tertiary/aromatic N) is 1. The molecule has 0 radical (unpaired) electrons. The van der Waals surface area contributed by atoms with Crippen molar-refractivity contribution >= 4 is 11.0 Å². The predicted octanol–water partition coefficient (Wildman–Crippen LogP) is 0.740. The highest BCUT2D eigenvalue weighted by Gasteiger charge is 2.27. The van der Waals surface area contributed by atoms with Gasteiger partial charge in [0, 0.05) is 30.8 Å². The van der Waals surface area contributed by atoms with Crippen LogP contribution in [-0.4, -0.2) is 40.5 Å². The zero-order chi connectivity index (χ0) is 14.9. The maximum absolute atomic E-state index is 11.6. The van der Waals surface area contributed by atoms with Crippen LogP contribution in [-0.2, 0) is 16.0 Å². The van der Waals surface area contributed by atoms with Crippen molar-refractivity contribution in [3.05, 3.63) is 28.4 Å². The predicted molar refractivity (Wildman–Crippen MR) is 77.9 cm³/mol. The van der Waals surface area contributed by atoms with Crippen LogP contribution in [0.4, 0.5) is 0 Å². The first-order valence-electron chi connectivity index (χ1n) is 7.07. The first-order chi connectivity index (χ1) is 10.1. The van der Waals surface area contributed by atoms with Gasteiger partial charge in [0.1, 0.15) is 5.52 Å². The van der Waals surface area contributed by atoms with Gasteiger partial charge in [0.2, 0.25) is 0 Å². The lowest BCUT2D eigenvalue weighted by Gasteiger charge is -2.35. The van der Waals surface area contributed by atoms with E-state index >= 15 is 0 Å². The van der Waals surface area contributed by atoms with E-state index in [9.17, 15) is 4.79 Å². The minimum atomic E-state index is -0.474. The highest BCUT2D eigenvalue weighted by atomic mass is 16.7. The minimum Gasteiger partial charge on any atom is -0.355 e. The van der Waals surface area contributed by atoms with Crippen molar-refractivity contribution in [2.24, 2.45) is 5.92 Å². The Morgan fingerprint density at radius 2 is 2.14 bits per heavy atom. The summed E-state index contributed by atoms with van der Waals surface area (Å²) in [6.07, 6.45) is 3.24. The van der Waals surface area contributed by atoms with Crippen molar-refractivity contribution < 1.29 is 9.47 Å². The van der Waals surface area contributed by atoms with Crippen LogP contribution in [0.25, 0.3) is 11.0 Å². The number of nitrogens with one attached hydrogen (secondary N) is 3. The zero-order valence-electron chi connectivity index (χ0n) is 12.2. The zero-order valence-corrected chi connectivity index (χ0v) is 12.2. The molecule has 3 rings (SSSR count). The van der Waals surface area contributed by atoms with E-state index in [1.807, 2.05) is 20.0 Å². The summed E-state index contributed by atoms with van der Waals surface area (Å²) in [4.78, 5) is 21.3. The number of hydrogen-bond acceptors (Lipinski definition) is 5. The molecule has 1 aliphatic heterocycles. The minimum absolute atomic E-state index is 0.150. The highest BCUT2D eigenvalue weighted by molar-refractivity contribution is 5.77. The van der Waals surface area contributed by atoms with Gasteiger partial charge in [-0.15, -0.1) is 0 Å². The first kappa shape index (κ1) is 14.2. The Kier molecular flexibility index (Phi) is 3.79. The smallest absolute Gasteiger partial charge is 0.275 e. The van der Waals surface area contributed by atoms with Gasteiger partial charge in [-0.05, 0) is 13.8 Å². The average Bonchev–Trinajstić information content (AvgIpc) is 2.86. The molecule has 0 spiro atoms. The van der Waals surface area contributed by atoms with Crippen LogP contribution in [0, 0.1) is 5.92 Å². The number of ether oxygens (including phenoxy) is 2. The second-order valence-corrected chi connectivity index (χ2v) is 5.79. The van der Waals surface area contributed by atoms with E-state index in [0.29, 0.717) is 36.7 Å². The number of aromatic amines is 2. The van der Waals surface area contributed by atoms with Crippen LogP contribution < -0.4 is 10.9 Å². The fourth-order valence-corrected chi connectivity index (χ4v) is 2.40. The summed E-state index contributed by atoms with van der Waals surface area (Å²) in [5, 5.41) is 3.36. The Hall–Kier alpha value is -1.70. The van der Waals surface area contributed by atoms with Crippen LogP contribution in [0.1, 0.15) is 19.4 Å². The quantitative estimate of drug-likeness (QED) is 0.773. The van der Waals surface area contributed by atoms with Crippen molar-refractivity contribution in [2.45, 2.75) is 26.2 Å². The van der Waals surface area contributed by atoms with Crippen LogP contribution in [0.15, 0.2) is 17.3 Å². The molecular formula is C14H20N4O3. The average molecular weight is 292 g/mol. The third-order valence-corrected chi connectivity index (χ3v) is 3.63. The van der Waals surface area contributed by atoms with Crippen LogP contribution in [0.5, 0.6) is 0 Å². The van der Waals surface area contributed by atoms with E-state index in [2.05, 4.69) is 20.3 Å². The lowest BCUT2D eigenvalue weighted by molar-refractivity contribution is -0.261. The highest BCUT2D eigenvalue weighted by Crippen LogP contribution is 2.20. The summed E-state index contributed by atoms with van der Waals surface area (Å²) in [7, 11) is 0. The van der Waals surface area contributed by atoms with E-state index in [-0.39, 0.29) is 5.56 Å². The summed E-state index contributed by atoms with van der Waals surface area (Å²) in [6, 6.07) is 0. The molecule has 3 heterocycles. The molecule has 0 unspecified atom stereocenters. The Balaban J connectivity index is 1.56. The molecule has 0 aliphatic carbocycles. The Morgan fingerprint density at radius 3 is 2.90 bits per heavy atom. The third kappa shape index (κ3) is 3.15. The number of rotatable bonds is 4. The lowest BCUT2D eigenvalue weighted by Crippen LogP contribution is -2.42. The molecular weight excluding hydrogens is 272 g/mol. The molecule has 0 aromatic carbocycles. The third-order valence-electron chi connectivity index (χ3n) is 3.63. The molecule has 1 fully saturated rings. The van der Waals surface area contributed by atoms with Gasteiger partial charge in [-0.3, -0.25) is 4.79 Å². The fraction of sp³-hybridized carbons (Fsp3) is 0.571. The van der Waals surface area contributed by atoms with Gasteiger partial charge in [-0.1, -0.05) is 0 Å². The van der Waals surface area contributed by atoms with E-state index in [4.69, 9.17) is 9.47 Å². The number of H-pyrrole nitrogens is 2. The van der Waals surface area contributed by atoms with Crippen LogP contribution >= 0.6 is 0 Å². The van der Waals surface area contributed by atoms with E-state index < -0.39 is 5.79 Å². The molecule has 3 N–H and O–H groups in total. The molecule has 7 heteroatoms. The molecule has 2 aromatic heterocycles. The molecule has 21 heavy (non-hydrogen) atoms. The summed E-state index contributed by atoms with van der Waals surface area (Å²) in [5.74, 6) is -0.141. The van der Waals surface area contributed by atoms with Gasteiger partial charge in [-0.2, -0.15) is 0 Å². The van der Waals surface area contributed by atoms with Gasteiger partial charge >= 0.3 is 0 Å². The maximum atomic E-state index is 11.6. The van der Waals surface area contributed by atoms with Gasteiger partial charge in [-0.25, -0.2) is 4.98 Å². The van der Waals surface area contributed by atoms with Crippen molar-refractivity contribution in [3.8, 4) is 0 Å². The first-order valence-corrected chi connectivity index (χ1v) is 7.07. The van der Waals surface area contributed by atoms with Gasteiger partial charge in [0.25, 0.3) is 5.56 Å². The molecule has 1 aliphatic rings. The lowest BCUT2D eigenvalue weighted by atomic mass is 10.1. The standard InChI is InChI=1S/C14H20N4O3/c1-14(2)20-6-9(7-21-14)3-15-4-10-5-16-12-11(10)17-8-18-13(12)19/h5,8-9,15-16H,3-4,6-7H2,1-2H3,(H,17,18,19). The van der Waals surface area contributed by atoms with E-state index in [1.54, 1.807) is 0 Å². The Bertz CT molecular complexity index is 666. The Morgan fingerprint density at radius 1 is 1.38 bits per heavy atom. The molecule has 2 aromatic rings. The molecule has 114 valence electrons. The second-order valence-electron chi connectivity index (χ2n) is 5.79. The van der Waals surface area contributed by atoms with Crippen molar-refractivity contribution in [1.82, 2.24) is 20.3 Å². The normalized spacial score (nSPS) is 19.1. The monoisotopic (exact) mass is 292 g/mol. The van der Waals surface area contributed by atoms with Crippen LogP contribution in [0.3, 0.4) is 0 Å². The summed E-state index contributed by atoms with van der Waals surface area (Å²) in [6.45, 7) is 6.66. The molecule has 0 atom stereocenters. The van der Waals surface area contributed by atoms with Crippen LogP contribution in [0.2, 0.25) is 0 Å². The molecule has 0 amide bonds. The summed E-state index contributed by atoms with van der Waals surface area (Å²) < 4.78 is 11.3. The summed E-state index contributed by atoms with van der Waals surface area (Å²) in [5.41, 5.74) is 2.06. The number of aromatic nitrogens is 3. The van der Waals surface area contributed by atoms with E-state index in [0.717, 1.165) is 12.1 Å². The SMILES string of the molecule is CC1(C)OCC(CNCc2c[nH]c3c(=O)[nH]cnc23)CO1. The topological polar surface area (TPSA) is 92.0 Å². The maximum Gasteiger partial charge on any atom is 0.275 e. The largest absolute Gasteiger partial charge is 0.355 e. The molecule has 0 saturated carbocycles. The van der Waals surface area contributed by atoms with E-state index in [1.165, 1.54) is 6.33 Å². The second kappa shape index (κ2) is 5.59. The molecule has 1 saturated heterocycles. The molecule has 7 nitrogen and oxygen atoms in total. The van der Waals surface area contributed by atoms with Crippen molar-refractivity contribution in [2.75, 3.05) is 19.8 Å².